The highest BCUT2D eigenvalue weighted by Gasteiger charge is 2.62. The van der Waals surface area contributed by atoms with Gasteiger partial charge in [0.2, 0.25) is 5.71 Å². The minimum absolute atomic E-state index is 0.00650. The minimum atomic E-state index is -1.31. The maximum absolute atomic E-state index is 12.3. The van der Waals surface area contributed by atoms with Crippen LogP contribution in [0, 0.1) is 5.92 Å². The Labute approximate surface area is 152 Å². The quantitative estimate of drug-likeness (QED) is 0.471. The summed E-state index contributed by atoms with van der Waals surface area (Å²) in [4.78, 5) is 28.4. The van der Waals surface area contributed by atoms with E-state index in [0.717, 1.165) is 11.3 Å². The molecule has 138 valence electrons. The lowest BCUT2D eigenvalue weighted by molar-refractivity contribution is -0.545. The molecule has 2 saturated heterocycles. The highest BCUT2D eigenvalue weighted by atomic mass is 32.2. The molecule has 0 unspecified atom stereocenters. The molecule has 0 aromatic heterocycles. The number of aliphatic hydroxyl groups is 1. The molecule has 0 saturated carbocycles. The van der Waals surface area contributed by atoms with Gasteiger partial charge in [-0.05, 0) is 32.8 Å². The number of amides is 1. The van der Waals surface area contributed by atoms with E-state index in [-0.39, 0.29) is 17.7 Å². The highest BCUT2D eigenvalue weighted by molar-refractivity contribution is 7.98. The van der Waals surface area contributed by atoms with Gasteiger partial charge in [-0.25, -0.2) is 4.79 Å². The molecular weight excluding hydrogens is 342 g/mol. The lowest BCUT2D eigenvalue weighted by Gasteiger charge is -2.41. The maximum Gasteiger partial charge on any atom is 0.400 e. The fourth-order valence-corrected chi connectivity index (χ4v) is 5.17. The predicted molar refractivity (Wildman–Crippen MR) is 93.3 cm³/mol. The number of likely N-dealkylation sites (N-methyl/N-ethyl adjacent to an activating group) is 2. The zero-order valence-corrected chi connectivity index (χ0v) is 15.9. The Morgan fingerprint density at radius 2 is 2.00 bits per heavy atom. The third-order valence-corrected chi connectivity index (χ3v) is 6.19. The average molecular weight is 367 g/mol. The van der Waals surface area contributed by atoms with E-state index in [2.05, 4.69) is 16.1 Å². The number of carboxylic acid groups (broad SMARTS) is 1. The summed E-state index contributed by atoms with van der Waals surface area (Å²) in [5.74, 6) is -1.16. The van der Waals surface area contributed by atoms with Crippen LogP contribution in [0.15, 0.2) is 11.1 Å². The Kier molecular flexibility index (Phi) is 5.07. The molecule has 0 spiro atoms. The van der Waals surface area contributed by atoms with Crippen molar-refractivity contribution in [1.29, 1.82) is 0 Å². The largest absolute Gasteiger partial charge is 0.539 e. The van der Waals surface area contributed by atoms with E-state index in [0.29, 0.717) is 31.2 Å². The van der Waals surface area contributed by atoms with E-state index in [1.807, 2.05) is 14.1 Å². The van der Waals surface area contributed by atoms with Crippen LogP contribution in [0.5, 0.6) is 0 Å². The standard InChI is InChI=1S/C17H25N3O4S/c1-9(21)14-12-5-11(15(17(23)24)20(12)16(14)22)10-6-18(2)13(8-25-4)19(3)7-10/h9,12-14,21H,5-8H2,1-4H3/t9-,12-,13?,14-/m1/s1. The number of carbonyl (C=O) groups excluding carboxylic acids is 2. The predicted octanol–water partition coefficient (Wildman–Crippen LogP) is -1.64. The van der Waals surface area contributed by atoms with Crippen LogP contribution in [0.3, 0.4) is 0 Å². The van der Waals surface area contributed by atoms with Gasteiger partial charge in [0.1, 0.15) is 5.97 Å². The van der Waals surface area contributed by atoms with Gasteiger partial charge in [-0.15, -0.1) is 0 Å². The van der Waals surface area contributed by atoms with Gasteiger partial charge in [0.25, 0.3) is 0 Å². The topological polar surface area (TPSA) is 86.9 Å². The van der Waals surface area contributed by atoms with Gasteiger partial charge < -0.3 is 15.0 Å². The molecule has 8 heteroatoms. The molecule has 7 nitrogen and oxygen atoms in total. The second-order valence-electron chi connectivity index (χ2n) is 7.23. The van der Waals surface area contributed by atoms with Gasteiger partial charge in [-0.3, -0.25) is 9.80 Å². The number of β-lactam (4-membered cyclic amide) rings is 1. The molecule has 3 aliphatic rings. The van der Waals surface area contributed by atoms with Crippen molar-refractivity contribution in [2.24, 2.45) is 5.92 Å². The fraction of sp³-hybridized carbons (Fsp3) is 0.706. The minimum Gasteiger partial charge on any atom is -0.539 e. The van der Waals surface area contributed by atoms with E-state index in [1.54, 1.807) is 18.7 Å². The number of aliphatic carboxylic acids is 1. The number of aliphatic hydroxyl groups excluding tert-OH is 1. The van der Waals surface area contributed by atoms with Crippen LogP contribution in [-0.2, 0) is 9.59 Å². The van der Waals surface area contributed by atoms with Crippen LogP contribution in [-0.4, -0.2) is 94.6 Å². The van der Waals surface area contributed by atoms with Crippen LogP contribution in [0.2, 0.25) is 0 Å². The molecule has 3 rings (SSSR count). The average Bonchev–Trinajstić information content (AvgIpc) is 2.85. The summed E-state index contributed by atoms with van der Waals surface area (Å²) in [6, 6.07) is -0.262. The number of fused-ring (bicyclic) bond motifs is 1. The van der Waals surface area contributed by atoms with E-state index in [9.17, 15) is 19.8 Å². The van der Waals surface area contributed by atoms with E-state index in [1.165, 1.54) is 4.58 Å². The summed E-state index contributed by atoms with van der Waals surface area (Å²) in [5, 5.41) is 21.6. The summed E-state index contributed by atoms with van der Waals surface area (Å²) in [7, 11) is 4.06. The summed E-state index contributed by atoms with van der Waals surface area (Å²) >= 11 is 1.78. The highest BCUT2D eigenvalue weighted by Crippen LogP contribution is 2.38. The molecule has 3 aliphatic heterocycles. The van der Waals surface area contributed by atoms with Crippen LogP contribution < -0.4 is 5.11 Å². The third kappa shape index (κ3) is 2.95. The van der Waals surface area contributed by atoms with Gasteiger partial charge in [0.05, 0.1) is 12.3 Å². The molecule has 3 atom stereocenters. The second kappa shape index (κ2) is 6.83. The van der Waals surface area contributed by atoms with Crippen molar-refractivity contribution in [2.45, 2.75) is 31.7 Å². The molecule has 1 amide bonds. The number of hydrogen-bond donors (Lipinski definition) is 1. The Balaban J connectivity index is 1.95. The first kappa shape index (κ1) is 18.6. The smallest absolute Gasteiger partial charge is 0.400 e. The summed E-state index contributed by atoms with van der Waals surface area (Å²) < 4.78 is 1.32. The monoisotopic (exact) mass is 367 g/mol. The number of nitrogens with zero attached hydrogens (tertiary/aromatic N) is 3. The first-order valence-electron chi connectivity index (χ1n) is 8.48. The van der Waals surface area contributed by atoms with Gasteiger partial charge in [0, 0.05) is 30.8 Å². The number of carboxylic acids is 1. The molecule has 3 heterocycles. The Morgan fingerprint density at radius 3 is 2.48 bits per heavy atom. The summed E-state index contributed by atoms with van der Waals surface area (Å²) in [5.41, 5.74) is 1.74. The zero-order valence-electron chi connectivity index (χ0n) is 15.1. The van der Waals surface area contributed by atoms with E-state index < -0.39 is 18.0 Å². The molecule has 0 aromatic carbocycles. The molecular formula is C17H25N3O4S. The number of hydrogen-bond acceptors (Lipinski definition) is 7. The van der Waals surface area contributed by atoms with Crippen LogP contribution in [0.1, 0.15) is 13.3 Å². The Hall–Kier alpha value is -1.22. The Morgan fingerprint density at radius 1 is 1.40 bits per heavy atom. The SMILES string of the molecule is CSCC1N(C)CC(=C2C[C@@H]3[C@@H]([C@@H](C)O)C(=O)[N+]3=C2C(=O)[O-])CN1C. The Bertz CT molecular complexity index is 659. The maximum atomic E-state index is 12.3. The molecule has 0 bridgehead atoms. The molecule has 1 N–H and O–H groups in total. The normalized spacial score (nSPS) is 32.0. The van der Waals surface area contributed by atoms with Crippen molar-refractivity contribution in [3.63, 3.8) is 0 Å². The molecule has 0 aromatic rings. The molecule has 25 heavy (non-hydrogen) atoms. The lowest BCUT2D eigenvalue weighted by Crippen LogP contribution is -2.59. The molecule has 0 radical (unpaired) electrons. The third-order valence-electron chi connectivity index (χ3n) is 5.56. The van der Waals surface area contributed by atoms with Crippen molar-refractivity contribution < 1.29 is 24.4 Å². The van der Waals surface area contributed by atoms with E-state index >= 15 is 0 Å². The summed E-state index contributed by atoms with van der Waals surface area (Å²) in [6.45, 7) is 2.93. The van der Waals surface area contributed by atoms with Gasteiger partial charge >= 0.3 is 5.91 Å². The zero-order chi connectivity index (χ0) is 18.5. The van der Waals surface area contributed by atoms with Crippen molar-refractivity contribution in [2.75, 3.05) is 39.2 Å². The van der Waals surface area contributed by atoms with Gasteiger partial charge in [0.15, 0.2) is 12.0 Å². The van der Waals surface area contributed by atoms with Gasteiger partial charge in [-0.1, -0.05) is 0 Å². The number of rotatable bonds is 4. The number of carbonyl (C=O) groups is 2. The summed E-state index contributed by atoms with van der Waals surface area (Å²) in [6.07, 6.45) is 2.08. The van der Waals surface area contributed by atoms with E-state index in [4.69, 9.17) is 0 Å². The lowest BCUT2D eigenvalue weighted by atomic mass is 9.83. The molecule has 0 aliphatic carbocycles. The fourth-order valence-electron chi connectivity index (χ4n) is 4.37. The van der Waals surface area contributed by atoms with Crippen LogP contribution >= 0.6 is 11.8 Å². The van der Waals surface area contributed by atoms with Crippen molar-refractivity contribution in [3.05, 3.63) is 11.1 Å². The van der Waals surface area contributed by atoms with Crippen molar-refractivity contribution in [3.8, 4) is 0 Å². The van der Waals surface area contributed by atoms with Crippen molar-refractivity contribution >= 4 is 29.4 Å². The van der Waals surface area contributed by atoms with Crippen molar-refractivity contribution in [1.82, 2.24) is 9.80 Å². The first-order chi connectivity index (χ1) is 11.8. The first-order valence-corrected chi connectivity index (χ1v) is 9.87. The van der Waals surface area contributed by atoms with Crippen LogP contribution in [0.25, 0.3) is 0 Å². The number of thioether (sulfide) groups is 1. The van der Waals surface area contributed by atoms with Gasteiger partial charge in [-0.2, -0.15) is 16.3 Å². The van der Waals surface area contributed by atoms with Crippen LogP contribution in [0.4, 0.5) is 0 Å². The molecule has 2 fully saturated rings. The second-order valence-corrected chi connectivity index (χ2v) is 8.14.